The minimum absolute atomic E-state index is 0.464. The number of rotatable bonds is 4. The van der Waals surface area contributed by atoms with Gasteiger partial charge in [-0.05, 0) is 31.2 Å². The van der Waals surface area contributed by atoms with Gasteiger partial charge in [0.25, 0.3) is 0 Å². The number of ether oxygens (including phenoxy) is 2. The van der Waals surface area contributed by atoms with Crippen molar-refractivity contribution in [3.8, 4) is 5.75 Å². The van der Waals surface area contributed by atoms with E-state index in [9.17, 15) is 4.79 Å². The zero-order valence-corrected chi connectivity index (χ0v) is 9.90. The van der Waals surface area contributed by atoms with Crippen LogP contribution in [0.25, 0.3) is 0 Å². The summed E-state index contributed by atoms with van der Waals surface area (Å²) in [5.74, 6) is 0.109. The summed E-state index contributed by atoms with van der Waals surface area (Å²) < 4.78 is 9.99. The highest BCUT2D eigenvalue weighted by atomic mass is 35.5. The highest BCUT2D eigenvalue weighted by molar-refractivity contribution is 6.30. The Kier molecular flexibility index (Phi) is 4.58. The Morgan fingerprint density at radius 1 is 1.38 bits per heavy atom. The Morgan fingerprint density at radius 3 is 2.44 bits per heavy atom. The van der Waals surface area contributed by atoms with Gasteiger partial charge in [0, 0.05) is 5.02 Å². The van der Waals surface area contributed by atoms with E-state index in [0.29, 0.717) is 10.8 Å². The topological polar surface area (TPSA) is 61.5 Å². The van der Waals surface area contributed by atoms with Gasteiger partial charge in [-0.3, -0.25) is 4.79 Å². The van der Waals surface area contributed by atoms with Crippen LogP contribution in [-0.4, -0.2) is 25.2 Å². The second-order valence-electron chi connectivity index (χ2n) is 3.33. The molecule has 1 aromatic carbocycles. The van der Waals surface area contributed by atoms with Crippen LogP contribution in [0.15, 0.2) is 24.3 Å². The van der Waals surface area contributed by atoms with Crippen molar-refractivity contribution in [1.82, 2.24) is 0 Å². The first-order valence-electron chi connectivity index (χ1n) is 4.80. The summed E-state index contributed by atoms with van der Waals surface area (Å²) in [4.78, 5) is 11.1. The summed E-state index contributed by atoms with van der Waals surface area (Å²) in [5.41, 5.74) is 5.62. The molecule has 0 fully saturated rings. The lowest BCUT2D eigenvalue weighted by Gasteiger charge is -2.19. The molecule has 5 heteroatoms. The number of halogens is 1. The fourth-order valence-electron chi connectivity index (χ4n) is 1.13. The molecular weight excluding hydrogens is 230 g/mol. The lowest BCUT2D eigenvalue weighted by atomic mass is 10.2. The fourth-order valence-corrected chi connectivity index (χ4v) is 1.25. The Bertz CT molecular complexity index is 353. The van der Waals surface area contributed by atoms with E-state index in [1.165, 1.54) is 7.11 Å². The molecule has 0 unspecified atom stereocenters. The smallest absolute Gasteiger partial charge is 0.326 e. The van der Waals surface area contributed by atoms with Gasteiger partial charge in [-0.1, -0.05) is 11.6 Å². The SMILES string of the molecule is COC(=O)[C@H](N)[C@H](C)Oc1ccc(Cl)cc1. The first-order valence-corrected chi connectivity index (χ1v) is 5.18. The number of methoxy groups -OCH3 is 1. The molecule has 0 spiro atoms. The van der Waals surface area contributed by atoms with Crippen molar-refractivity contribution < 1.29 is 14.3 Å². The fraction of sp³-hybridized carbons (Fsp3) is 0.364. The molecule has 0 bridgehead atoms. The highest BCUT2D eigenvalue weighted by Crippen LogP contribution is 2.17. The normalized spacial score (nSPS) is 14.0. The number of carbonyl (C=O) groups excluding carboxylic acids is 1. The van der Waals surface area contributed by atoms with Crippen LogP contribution in [0.3, 0.4) is 0 Å². The quantitative estimate of drug-likeness (QED) is 0.817. The van der Waals surface area contributed by atoms with Gasteiger partial charge in [-0.15, -0.1) is 0 Å². The molecule has 4 nitrogen and oxygen atoms in total. The van der Waals surface area contributed by atoms with E-state index >= 15 is 0 Å². The second-order valence-corrected chi connectivity index (χ2v) is 3.76. The summed E-state index contributed by atoms with van der Waals surface area (Å²) >= 11 is 5.73. The maximum Gasteiger partial charge on any atom is 0.326 e. The Balaban J connectivity index is 2.60. The average Bonchev–Trinajstić information content (AvgIpc) is 2.30. The van der Waals surface area contributed by atoms with Crippen molar-refractivity contribution in [3.05, 3.63) is 29.3 Å². The summed E-state index contributed by atoms with van der Waals surface area (Å²) in [6, 6.07) is 6.02. The summed E-state index contributed by atoms with van der Waals surface area (Å²) in [6.45, 7) is 1.70. The number of carbonyl (C=O) groups is 1. The zero-order chi connectivity index (χ0) is 12.1. The van der Waals surface area contributed by atoms with Crippen LogP contribution in [0.5, 0.6) is 5.75 Å². The van der Waals surface area contributed by atoms with Gasteiger partial charge in [0.1, 0.15) is 17.9 Å². The molecule has 88 valence electrons. The standard InChI is InChI=1S/C11H14ClNO3/c1-7(10(13)11(14)15-2)16-9-5-3-8(12)4-6-9/h3-7,10H,13H2,1-2H3/t7-,10+/m0/s1. The van der Waals surface area contributed by atoms with E-state index < -0.39 is 18.1 Å². The maximum atomic E-state index is 11.1. The van der Waals surface area contributed by atoms with Gasteiger partial charge in [0.05, 0.1) is 7.11 Å². The Labute approximate surface area is 99.3 Å². The predicted molar refractivity (Wildman–Crippen MR) is 61.5 cm³/mol. The third-order valence-corrected chi connectivity index (χ3v) is 2.37. The predicted octanol–water partition coefficient (Wildman–Crippen LogP) is 1.61. The van der Waals surface area contributed by atoms with E-state index in [1.807, 2.05) is 0 Å². The summed E-state index contributed by atoms with van der Waals surface area (Å²) in [6.07, 6.45) is -0.464. The van der Waals surface area contributed by atoms with Gasteiger partial charge >= 0.3 is 5.97 Å². The minimum atomic E-state index is -0.805. The number of esters is 1. The number of hydrogen-bond acceptors (Lipinski definition) is 4. The molecular formula is C11H14ClNO3. The van der Waals surface area contributed by atoms with Crippen molar-refractivity contribution in [2.45, 2.75) is 19.1 Å². The molecule has 1 rings (SSSR count). The summed E-state index contributed by atoms with van der Waals surface area (Å²) in [5, 5.41) is 0.622. The lowest BCUT2D eigenvalue weighted by Crippen LogP contribution is -2.44. The van der Waals surface area contributed by atoms with Gasteiger partial charge in [0.15, 0.2) is 0 Å². The van der Waals surface area contributed by atoms with E-state index in [-0.39, 0.29) is 0 Å². The molecule has 0 aromatic heterocycles. The van der Waals surface area contributed by atoms with Gasteiger partial charge in [-0.2, -0.15) is 0 Å². The molecule has 0 heterocycles. The van der Waals surface area contributed by atoms with Gasteiger partial charge in [-0.25, -0.2) is 0 Å². The third-order valence-electron chi connectivity index (χ3n) is 2.11. The molecule has 1 aromatic rings. The highest BCUT2D eigenvalue weighted by Gasteiger charge is 2.22. The van der Waals surface area contributed by atoms with Crippen LogP contribution in [0.1, 0.15) is 6.92 Å². The largest absolute Gasteiger partial charge is 0.488 e. The molecule has 0 saturated heterocycles. The molecule has 0 saturated carbocycles. The van der Waals surface area contributed by atoms with Crippen molar-refractivity contribution in [2.24, 2.45) is 5.73 Å². The van der Waals surface area contributed by atoms with Crippen LogP contribution in [0.2, 0.25) is 5.02 Å². The molecule has 0 radical (unpaired) electrons. The van der Waals surface area contributed by atoms with Crippen LogP contribution >= 0.6 is 11.6 Å². The Hall–Kier alpha value is -1.26. The molecule has 2 N–H and O–H groups in total. The molecule has 0 aliphatic carbocycles. The van der Waals surface area contributed by atoms with E-state index in [2.05, 4.69) is 4.74 Å². The van der Waals surface area contributed by atoms with Crippen LogP contribution in [0.4, 0.5) is 0 Å². The zero-order valence-electron chi connectivity index (χ0n) is 9.14. The first-order chi connectivity index (χ1) is 7.54. The first kappa shape index (κ1) is 12.8. The minimum Gasteiger partial charge on any atom is -0.488 e. The van der Waals surface area contributed by atoms with E-state index in [4.69, 9.17) is 22.1 Å². The van der Waals surface area contributed by atoms with E-state index in [1.54, 1.807) is 31.2 Å². The molecule has 16 heavy (non-hydrogen) atoms. The maximum absolute atomic E-state index is 11.1. The lowest BCUT2D eigenvalue weighted by molar-refractivity contribution is -0.144. The third kappa shape index (κ3) is 3.40. The monoisotopic (exact) mass is 243 g/mol. The summed E-state index contributed by atoms with van der Waals surface area (Å²) in [7, 11) is 1.29. The Morgan fingerprint density at radius 2 is 1.94 bits per heavy atom. The molecule has 0 aliphatic heterocycles. The molecule has 0 amide bonds. The second kappa shape index (κ2) is 5.72. The number of hydrogen-bond donors (Lipinski definition) is 1. The van der Waals surface area contributed by atoms with Crippen LogP contribution in [-0.2, 0) is 9.53 Å². The van der Waals surface area contributed by atoms with Gasteiger partial charge < -0.3 is 15.2 Å². The van der Waals surface area contributed by atoms with Crippen molar-refractivity contribution in [1.29, 1.82) is 0 Å². The molecule has 2 atom stereocenters. The average molecular weight is 244 g/mol. The van der Waals surface area contributed by atoms with Crippen LogP contribution < -0.4 is 10.5 Å². The van der Waals surface area contributed by atoms with Gasteiger partial charge in [0.2, 0.25) is 0 Å². The van der Waals surface area contributed by atoms with Crippen LogP contribution in [0, 0.1) is 0 Å². The van der Waals surface area contributed by atoms with Crippen molar-refractivity contribution in [2.75, 3.05) is 7.11 Å². The van der Waals surface area contributed by atoms with Crippen molar-refractivity contribution >= 4 is 17.6 Å². The molecule has 0 aliphatic rings. The van der Waals surface area contributed by atoms with E-state index in [0.717, 1.165) is 0 Å². The number of nitrogens with two attached hydrogens (primary N) is 1. The number of benzene rings is 1. The van der Waals surface area contributed by atoms with Crippen molar-refractivity contribution in [3.63, 3.8) is 0 Å².